The molecule has 0 amide bonds. The van der Waals surface area contributed by atoms with E-state index in [4.69, 9.17) is 0 Å². The van der Waals surface area contributed by atoms with Gasteiger partial charge >= 0.3 is 6.18 Å². The molecule has 0 aromatic carbocycles. The summed E-state index contributed by atoms with van der Waals surface area (Å²) >= 11 is 0. The standard InChI is InChI=1S/C18H19F3N4/c1-22-15(10-8-13-6-4-2-3-5-7-13)17-24-23-16-11-9-14(12-25(16)17)18(19,20)21/h2-4,6-7,9,11-12,15,22H,5,8,10H2,1H3/t15-/m1/s1. The highest BCUT2D eigenvalue weighted by atomic mass is 19.4. The Kier molecular flexibility index (Phi) is 5.03. The van der Waals surface area contributed by atoms with Gasteiger partial charge < -0.3 is 5.32 Å². The van der Waals surface area contributed by atoms with Crippen LogP contribution in [0.25, 0.3) is 5.65 Å². The van der Waals surface area contributed by atoms with Crippen LogP contribution in [0.15, 0.2) is 54.3 Å². The Morgan fingerprint density at radius 3 is 2.84 bits per heavy atom. The molecule has 0 spiro atoms. The number of hydrogen-bond acceptors (Lipinski definition) is 3. The van der Waals surface area contributed by atoms with Gasteiger partial charge in [-0.2, -0.15) is 13.2 Å². The number of fused-ring (bicyclic) bond motifs is 1. The van der Waals surface area contributed by atoms with Gasteiger partial charge in [-0.15, -0.1) is 10.2 Å². The first-order valence-corrected chi connectivity index (χ1v) is 8.10. The van der Waals surface area contributed by atoms with Crippen molar-refractivity contribution in [2.45, 2.75) is 31.5 Å². The molecule has 1 atom stereocenters. The third-order valence-electron chi connectivity index (χ3n) is 4.21. The van der Waals surface area contributed by atoms with E-state index in [2.05, 4.69) is 33.7 Å². The number of nitrogens with one attached hydrogen (secondary N) is 1. The molecule has 1 aliphatic rings. The van der Waals surface area contributed by atoms with Crippen LogP contribution in [-0.2, 0) is 6.18 Å². The predicted molar refractivity (Wildman–Crippen MR) is 90.0 cm³/mol. The minimum atomic E-state index is -4.40. The molecular weight excluding hydrogens is 329 g/mol. The number of hydrogen-bond donors (Lipinski definition) is 1. The van der Waals surface area contributed by atoms with Crippen molar-refractivity contribution < 1.29 is 13.2 Å². The van der Waals surface area contributed by atoms with Crippen LogP contribution in [0.5, 0.6) is 0 Å². The van der Waals surface area contributed by atoms with Gasteiger partial charge in [0.1, 0.15) is 0 Å². The molecule has 1 aliphatic carbocycles. The minimum Gasteiger partial charge on any atom is -0.310 e. The summed E-state index contributed by atoms with van der Waals surface area (Å²) in [7, 11) is 1.78. The van der Waals surface area contributed by atoms with Crippen molar-refractivity contribution in [3.8, 4) is 0 Å². The van der Waals surface area contributed by atoms with Gasteiger partial charge in [0, 0.05) is 6.20 Å². The van der Waals surface area contributed by atoms with Crippen molar-refractivity contribution in [2.75, 3.05) is 7.05 Å². The minimum absolute atomic E-state index is 0.191. The van der Waals surface area contributed by atoms with Crippen LogP contribution in [0, 0.1) is 0 Å². The lowest BCUT2D eigenvalue weighted by Gasteiger charge is -2.15. The number of halogens is 3. The third kappa shape index (κ3) is 3.99. The van der Waals surface area contributed by atoms with Gasteiger partial charge in [-0.3, -0.25) is 4.40 Å². The summed E-state index contributed by atoms with van der Waals surface area (Å²) in [5, 5.41) is 11.2. The van der Waals surface area contributed by atoms with Crippen LogP contribution in [-0.4, -0.2) is 21.6 Å². The fourth-order valence-electron chi connectivity index (χ4n) is 2.84. The highest BCUT2D eigenvalue weighted by Gasteiger charge is 2.31. The molecule has 7 heteroatoms. The van der Waals surface area contributed by atoms with Crippen LogP contribution >= 0.6 is 0 Å². The predicted octanol–water partition coefficient (Wildman–Crippen LogP) is 4.23. The van der Waals surface area contributed by atoms with Crippen LogP contribution in [0.1, 0.15) is 36.7 Å². The maximum absolute atomic E-state index is 13.0. The van der Waals surface area contributed by atoms with E-state index >= 15 is 0 Å². The van der Waals surface area contributed by atoms with E-state index in [1.54, 1.807) is 7.05 Å². The van der Waals surface area contributed by atoms with Crippen molar-refractivity contribution in [1.29, 1.82) is 0 Å². The second-order valence-corrected chi connectivity index (χ2v) is 5.88. The quantitative estimate of drug-likeness (QED) is 0.879. The van der Waals surface area contributed by atoms with Gasteiger partial charge in [0.15, 0.2) is 11.5 Å². The fraction of sp³-hybridized carbons (Fsp3) is 0.333. The monoisotopic (exact) mass is 348 g/mol. The Balaban J connectivity index is 1.84. The number of allylic oxidation sites excluding steroid dienone is 6. The molecule has 0 aliphatic heterocycles. The topological polar surface area (TPSA) is 42.2 Å². The first kappa shape index (κ1) is 17.4. The van der Waals surface area contributed by atoms with Crippen molar-refractivity contribution in [3.63, 3.8) is 0 Å². The molecule has 2 aromatic heterocycles. The third-order valence-corrected chi connectivity index (χ3v) is 4.21. The highest BCUT2D eigenvalue weighted by Crippen LogP contribution is 2.30. The lowest BCUT2D eigenvalue weighted by Crippen LogP contribution is -2.19. The van der Waals surface area contributed by atoms with Crippen LogP contribution in [0.3, 0.4) is 0 Å². The Bertz CT molecular complexity index is 830. The van der Waals surface area contributed by atoms with Crippen molar-refractivity contribution in [2.24, 2.45) is 0 Å². The molecule has 0 fully saturated rings. The molecule has 1 N–H and O–H groups in total. The van der Waals surface area contributed by atoms with E-state index in [9.17, 15) is 13.2 Å². The molecule has 2 heterocycles. The van der Waals surface area contributed by atoms with Crippen molar-refractivity contribution >= 4 is 5.65 Å². The fourth-order valence-corrected chi connectivity index (χ4v) is 2.84. The zero-order chi connectivity index (χ0) is 17.9. The summed E-state index contributed by atoms with van der Waals surface area (Å²) in [6.45, 7) is 0. The average Bonchev–Trinajstić information content (AvgIpc) is 2.82. The smallest absolute Gasteiger partial charge is 0.310 e. The van der Waals surface area contributed by atoms with Crippen LogP contribution in [0.4, 0.5) is 13.2 Å². The van der Waals surface area contributed by atoms with E-state index in [0.29, 0.717) is 17.9 Å². The molecule has 0 saturated heterocycles. The van der Waals surface area contributed by atoms with Gasteiger partial charge in [0.25, 0.3) is 0 Å². The van der Waals surface area contributed by atoms with Gasteiger partial charge in [-0.25, -0.2) is 0 Å². The average molecular weight is 348 g/mol. The number of rotatable bonds is 5. The van der Waals surface area contributed by atoms with E-state index < -0.39 is 11.7 Å². The summed E-state index contributed by atoms with van der Waals surface area (Å²) < 4.78 is 40.3. The van der Waals surface area contributed by atoms with E-state index in [1.807, 2.05) is 12.2 Å². The summed E-state index contributed by atoms with van der Waals surface area (Å²) in [6.07, 6.45) is 9.34. The summed E-state index contributed by atoms with van der Waals surface area (Å²) in [5.74, 6) is 0.486. The number of nitrogens with zero attached hydrogens (tertiary/aromatic N) is 3. The normalized spacial score (nSPS) is 16.1. The SMILES string of the molecule is CN[C@H](CCC1=CCC=CC=C1)c1nnc2ccc(C(F)(F)F)cn12. The Morgan fingerprint density at radius 1 is 1.24 bits per heavy atom. The Hall–Kier alpha value is -2.41. The molecule has 0 bridgehead atoms. The van der Waals surface area contributed by atoms with Crippen molar-refractivity contribution in [3.05, 3.63) is 65.7 Å². The molecule has 132 valence electrons. The van der Waals surface area contributed by atoms with Gasteiger partial charge in [0.05, 0.1) is 11.6 Å². The lowest BCUT2D eigenvalue weighted by atomic mass is 10.0. The Morgan fingerprint density at radius 2 is 2.08 bits per heavy atom. The first-order chi connectivity index (χ1) is 12.0. The maximum atomic E-state index is 13.0. The molecule has 2 aromatic rings. The molecule has 3 rings (SSSR count). The van der Waals surface area contributed by atoms with E-state index in [-0.39, 0.29) is 6.04 Å². The van der Waals surface area contributed by atoms with E-state index in [1.165, 1.54) is 16.0 Å². The second kappa shape index (κ2) is 7.23. The largest absolute Gasteiger partial charge is 0.417 e. The second-order valence-electron chi connectivity index (χ2n) is 5.88. The first-order valence-electron chi connectivity index (χ1n) is 8.10. The molecule has 0 radical (unpaired) electrons. The highest BCUT2D eigenvalue weighted by molar-refractivity contribution is 5.40. The maximum Gasteiger partial charge on any atom is 0.417 e. The number of pyridine rings is 1. The molecule has 25 heavy (non-hydrogen) atoms. The summed E-state index contributed by atoms with van der Waals surface area (Å²) in [4.78, 5) is 0. The zero-order valence-corrected chi connectivity index (χ0v) is 13.8. The molecular formula is C18H19F3N4. The Labute approximate surface area is 143 Å². The van der Waals surface area contributed by atoms with Crippen LogP contribution in [0.2, 0.25) is 0 Å². The van der Waals surface area contributed by atoms with E-state index in [0.717, 1.165) is 25.1 Å². The zero-order valence-electron chi connectivity index (χ0n) is 13.8. The molecule has 0 saturated carbocycles. The number of aromatic nitrogens is 3. The van der Waals surface area contributed by atoms with Gasteiger partial charge in [0.2, 0.25) is 0 Å². The summed E-state index contributed by atoms with van der Waals surface area (Å²) in [6, 6.07) is 2.17. The molecule has 4 nitrogen and oxygen atoms in total. The van der Waals surface area contributed by atoms with Gasteiger partial charge in [-0.1, -0.05) is 36.0 Å². The van der Waals surface area contributed by atoms with Gasteiger partial charge in [-0.05, 0) is 38.4 Å². The summed E-state index contributed by atoms with van der Waals surface area (Å²) in [5.41, 5.74) is 0.896. The molecule has 0 unspecified atom stereocenters. The van der Waals surface area contributed by atoms with Crippen LogP contribution < -0.4 is 5.32 Å². The number of alkyl halides is 3. The lowest BCUT2D eigenvalue weighted by molar-refractivity contribution is -0.137. The van der Waals surface area contributed by atoms with Crippen molar-refractivity contribution in [1.82, 2.24) is 19.9 Å².